The summed E-state index contributed by atoms with van der Waals surface area (Å²) < 4.78 is 5.40. The SMILES string of the molecule is Cc1cscc1-c1noc(C2(N)CCCCC2)n1. The monoisotopic (exact) mass is 263 g/mol. The molecule has 1 aliphatic rings. The first-order valence-corrected chi connectivity index (χ1v) is 7.29. The van der Waals surface area contributed by atoms with Gasteiger partial charge in [0.15, 0.2) is 0 Å². The number of aryl methyl sites for hydroxylation is 1. The van der Waals surface area contributed by atoms with Crippen molar-refractivity contribution in [3.63, 3.8) is 0 Å². The minimum absolute atomic E-state index is 0.409. The van der Waals surface area contributed by atoms with Crippen LogP contribution in [0.2, 0.25) is 0 Å². The molecule has 0 amide bonds. The first kappa shape index (κ1) is 11.9. The molecular formula is C13H17N3OS. The van der Waals surface area contributed by atoms with Crippen LogP contribution < -0.4 is 5.73 Å². The Hall–Kier alpha value is -1.20. The van der Waals surface area contributed by atoms with Crippen molar-refractivity contribution >= 4 is 11.3 Å². The van der Waals surface area contributed by atoms with E-state index < -0.39 is 5.54 Å². The maximum absolute atomic E-state index is 6.39. The first-order chi connectivity index (χ1) is 8.69. The molecule has 4 nitrogen and oxygen atoms in total. The lowest BCUT2D eigenvalue weighted by Gasteiger charge is -2.29. The second-order valence-electron chi connectivity index (χ2n) is 5.11. The van der Waals surface area contributed by atoms with Crippen LogP contribution in [-0.4, -0.2) is 10.1 Å². The number of thiophene rings is 1. The van der Waals surface area contributed by atoms with Crippen LogP contribution in [0, 0.1) is 6.92 Å². The number of hydrogen-bond acceptors (Lipinski definition) is 5. The highest BCUT2D eigenvalue weighted by molar-refractivity contribution is 7.08. The summed E-state index contributed by atoms with van der Waals surface area (Å²) in [5.41, 5.74) is 8.22. The van der Waals surface area contributed by atoms with Gasteiger partial charge in [0.1, 0.15) is 0 Å². The molecule has 5 heteroatoms. The Morgan fingerprint density at radius 2 is 2.06 bits per heavy atom. The Kier molecular flexibility index (Phi) is 2.95. The Labute approximate surface area is 110 Å². The van der Waals surface area contributed by atoms with Crippen molar-refractivity contribution in [3.8, 4) is 11.4 Å². The number of rotatable bonds is 2. The Bertz CT molecular complexity index is 540. The highest BCUT2D eigenvalue weighted by atomic mass is 32.1. The topological polar surface area (TPSA) is 64.9 Å². The zero-order valence-electron chi connectivity index (χ0n) is 10.5. The van der Waals surface area contributed by atoms with Gasteiger partial charge in [-0.15, -0.1) is 0 Å². The fraction of sp³-hybridized carbons (Fsp3) is 0.538. The Morgan fingerprint density at radius 3 is 2.72 bits per heavy atom. The molecule has 2 N–H and O–H groups in total. The third-order valence-corrected chi connectivity index (χ3v) is 4.56. The van der Waals surface area contributed by atoms with E-state index in [1.165, 1.54) is 12.0 Å². The van der Waals surface area contributed by atoms with Crippen molar-refractivity contribution in [2.75, 3.05) is 0 Å². The molecule has 1 saturated carbocycles. The van der Waals surface area contributed by atoms with E-state index in [1.807, 2.05) is 5.38 Å². The Balaban J connectivity index is 1.92. The second-order valence-corrected chi connectivity index (χ2v) is 5.85. The molecule has 96 valence electrons. The molecule has 0 aliphatic heterocycles. The molecule has 18 heavy (non-hydrogen) atoms. The second kappa shape index (κ2) is 4.48. The molecule has 2 aromatic heterocycles. The van der Waals surface area contributed by atoms with Crippen LogP contribution in [0.3, 0.4) is 0 Å². The van der Waals surface area contributed by atoms with Gasteiger partial charge in [0.2, 0.25) is 11.7 Å². The molecule has 2 heterocycles. The fourth-order valence-electron chi connectivity index (χ4n) is 2.52. The van der Waals surface area contributed by atoms with Crippen molar-refractivity contribution < 1.29 is 4.52 Å². The molecule has 1 aliphatic carbocycles. The number of hydrogen-bond donors (Lipinski definition) is 1. The molecule has 0 saturated heterocycles. The molecule has 0 aromatic carbocycles. The Morgan fingerprint density at radius 1 is 1.28 bits per heavy atom. The van der Waals surface area contributed by atoms with Gasteiger partial charge in [-0.05, 0) is 30.7 Å². The van der Waals surface area contributed by atoms with E-state index >= 15 is 0 Å². The van der Waals surface area contributed by atoms with Crippen LogP contribution in [0.15, 0.2) is 15.3 Å². The van der Waals surface area contributed by atoms with Crippen molar-refractivity contribution in [2.24, 2.45) is 5.73 Å². The van der Waals surface area contributed by atoms with Crippen molar-refractivity contribution in [3.05, 3.63) is 22.2 Å². The predicted octanol–water partition coefficient (Wildman–Crippen LogP) is 3.22. The molecule has 0 bridgehead atoms. The van der Waals surface area contributed by atoms with Gasteiger partial charge in [-0.3, -0.25) is 0 Å². The van der Waals surface area contributed by atoms with Gasteiger partial charge in [-0.25, -0.2) is 0 Å². The largest absolute Gasteiger partial charge is 0.337 e. The van der Waals surface area contributed by atoms with E-state index in [0.29, 0.717) is 11.7 Å². The smallest absolute Gasteiger partial charge is 0.247 e. The summed E-state index contributed by atoms with van der Waals surface area (Å²) in [5.74, 6) is 1.27. The van der Waals surface area contributed by atoms with E-state index in [1.54, 1.807) is 11.3 Å². The minimum Gasteiger partial charge on any atom is -0.337 e. The number of nitrogens with zero attached hydrogens (tertiary/aromatic N) is 2. The van der Waals surface area contributed by atoms with E-state index in [0.717, 1.165) is 31.2 Å². The highest BCUT2D eigenvalue weighted by Crippen LogP contribution is 2.35. The standard InChI is InChI=1S/C13H17N3OS/c1-9-7-18-8-10(9)11-15-12(17-16-11)13(14)5-3-2-4-6-13/h7-8H,2-6,14H2,1H3. The van der Waals surface area contributed by atoms with Gasteiger partial charge in [-0.1, -0.05) is 24.4 Å². The molecule has 2 aromatic rings. The molecule has 1 fully saturated rings. The lowest BCUT2D eigenvalue weighted by Crippen LogP contribution is -2.38. The van der Waals surface area contributed by atoms with Crippen molar-refractivity contribution in [1.82, 2.24) is 10.1 Å². The predicted molar refractivity (Wildman–Crippen MR) is 71.3 cm³/mol. The van der Waals surface area contributed by atoms with Crippen molar-refractivity contribution in [2.45, 2.75) is 44.6 Å². The summed E-state index contributed by atoms with van der Waals surface area (Å²) in [4.78, 5) is 4.51. The lowest BCUT2D eigenvalue weighted by atomic mass is 9.82. The third kappa shape index (κ3) is 1.97. The highest BCUT2D eigenvalue weighted by Gasteiger charge is 2.35. The maximum atomic E-state index is 6.39. The summed E-state index contributed by atoms with van der Waals surface area (Å²) in [6, 6.07) is 0. The van der Waals surface area contributed by atoms with Crippen LogP contribution in [0.5, 0.6) is 0 Å². The van der Waals surface area contributed by atoms with Crippen LogP contribution in [0.4, 0.5) is 0 Å². The van der Waals surface area contributed by atoms with Gasteiger partial charge in [-0.2, -0.15) is 16.3 Å². The third-order valence-electron chi connectivity index (χ3n) is 3.69. The zero-order valence-corrected chi connectivity index (χ0v) is 11.3. The van der Waals surface area contributed by atoms with E-state index in [9.17, 15) is 0 Å². The summed E-state index contributed by atoms with van der Waals surface area (Å²) in [5, 5.41) is 8.22. The number of aromatic nitrogens is 2. The summed E-state index contributed by atoms with van der Waals surface area (Å²) in [7, 11) is 0. The zero-order chi connectivity index (χ0) is 12.6. The van der Waals surface area contributed by atoms with Gasteiger partial charge >= 0.3 is 0 Å². The van der Waals surface area contributed by atoms with E-state index in [2.05, 4.69) is 22.4 Å². The summed E-state index contributed by atoms with van der Waals surface area (Å²) in [6.45, 7) is 2.06. The van der Waals surface area contributed by atoms with Gasteiger partial charge in [0.25, 0.3) is 0 Å². The molecule has 3 rings (SSSR count). The van der Waals surface area contributed by atoms with Gasteiger partial charge < -0.3 is 10.3 Å². The van der Waals surface area contributed by atoms with E-state index in [4.69, 9.17) is 10.3 Å². The van der Waals surface area contributed by atoms with Crippen LogP contribution in [-0.2, 0) is 5.54 Å². The first-order valence-electron chi connectivity index (χ1n) is 6.35. The normalized spacial score (nSPS) is 19.0. The quantitative estimate of drug-likeness (QED) is 0.903. The molecule has 0 spiro atoms. The van der Waals surface area contributed by atoms with Gasteiger partial charge in [0, 0.05) is 10.9 Å². The number of nitrogens with two attached hydrogens (primary N) is 1. The average molecular weight is 263 g/mol. The molecule has 0 radical (unpaired) electrons. The van der Waals surface area contributed by atoms with Crippen LogP contribution >= 0.6 is 11.3 Å². The molecule has 0 atom stereocenters. The van der Waals surface area contributed by atoms with Gasteiger partial charge in [0.05, 0.1) is 5.54 Å². The lowest BCUT2D eigenvalue weighted by molar-refractivity contribution is 0.220. The van der Waals surface area contributed by atoms with E-state index in [-0.39, 0.29) is 0 Å². The average Bonchev–Trinajstić information content (AvgIpc) is 2.98. The maximum Gasteiger partial charge on any atom is 0.247 e. The fourth-order valence-corrected chi connectivity index (χ4v) is 3.35. The minimum atomic E-state index is -0.409. The molecule has 0 unspecified atom stereocenters. The summed E-state index contributed by atoms with van der Waals surface area (Å²) in [6.07, 6.45) is 5.43. The van der Waals surface area contributed by atoms with Crippen molar-refractivity contribution in [1.29, 1.82) is 0 Å². The van der Waals surface area contributed by atoms with Crippen LogP contribution in [0.1, 0.15) is 43.6 Å². The summed E-state index contributed by atoms with van der Waals surface area (Å²) >= 11 is 1.65. The molecular weight excluding hydrogens is 246 g/mol. The van der Waals surface area contributed by atoms with Crippen LogP contribution in [0.25, 0.3) is 11.4 Å².